The van der Waals surface area contributed by atoms with E-state index >= 15 is 0 Å². The Morgan fingerprint density at radius 2 is 1.77 bits per heavy atom. The van der Waals surface area contributed by atoms with Gasteiger partial charge in [0.05, 0.1) is 23.6 Å². The number of thiazole rings is 1. The number of unbranched alkanes of at least 4 members (excludes halogenated alkanes) is 1. The number of anilines is 2. The molecule has 3 aromatic rings. The highest BCUT2D eigenvalue weighted by atomic mass is 32.2. The van der Waals surface area contributed by atoms with Gasteiger partial charge in [-0.3, -0.25) is 4.90 Å². The van der Waals surface area contributed by atoms with E-state index in [1.807, 2.05) is 11.8 Å². The molecule has 1 fully saturated rings. The molecule has 0 aliphatic carbocycles. The number of hydrogen-bond acceptors (Lipinski definition) is 6. The van der Waals surface area contributed by atoms with Gasteiger partial charge >= 0.3 is 0 Å². The van der Waals surface area contributed by atoms with Crippen molar-refractivity contribution in [2.45, 2.75) is 36.1 Å². The highest BCUT2D eigenvalue weighted by molar-refractivity contribution is 7.99. The van der Waals surface area contributed by atoms with Crippen LogP contribution in [-0.2, 0) is 6.54 Å². The maximum absolute atomic E-state index is 4.97. The zero-order valence-corrected chi connectivity index (χ0v) is 19.1. The zero-order valence-electron chi connectivity index (χ0n) is 17.4. The lowest BCUT2D eigenvalue weighted by molar-refractivity contribution is 0.126. The van der Waals surface area contributed by atoms with Gasteiger partial charge in [0.15, 0.2) is 0 Å². The highest BCUT2D eigenvalue weighted by Crippen LogP contribution is 2.45. The number of fused-ring (bicyclic) bond motifs is 2. The summed E-state index contributed by atoms with van der Waals surface area (Å²) in [7, 11) is 0. The van der Waals surface area contributed by atoms with Crippen LogP contribution in [0, 0.1) is 0 Å². The van der Waals surface area contributed by atoms with Crippen LogP contribution in [0.2, 0.25) is 0 Å². The molecular weight excluding hydrogens is 408 g/mol. The van der Waals surface area contributed by atoms with Gasteiger partial charge in [0.2, 0.25) is 0 Å². The molecule has 2 aliphatic heterocycles. The Balaban J connectivity index is 1.23. The predicted molar refractivity (Wildman–Crippen MR) is 128 cm³/mol. The number of nitrogens with zero attached hydrogens (tertiary/aromatic N) is 3. The van der Waals surface area contributed by atoms with Crippen molar-refractivity contribution >= 4 is 34.5 Å². The van der Waals surface area contributed by atoms with Gasteiger partial charge in [0.25, 0.3) is 0 Å². The Kier molecular flexibility index (Phi) is 6.09. The van der Waals surface area contributed by atoms with Crippen molar-refractivity contribution in [2.24, 2.45) is 0 Å². The number of benzene rings is 2. The van der Waals surface area contributed by atoms with Crippen molar-refractivity contribution in [3.8, 4) is 11.3 Å². The standard InChI is InChI=1S/C24H28N4S2/c1-2-3-10-27-11-13-28(14-12-27)16-24-26-21(17-29-24)18-8-9-23-20(15-18)25-19-6-4-5-7-22(19)30-23/h4-9,15,17,25H,2-3,10-14,16H2,1H3. The quantitative estimate of drug-likeness (QED) is 0.404. The number of nitrogens with one attached hydrogen (secondary N) is 1. The largest absolute Gasteiger partial charge is 0.354 e. The minimum atomic E-state index is 0.971. The van der Waals surface area contributed by atoms with Crippen molar-refractivity contribution in [1.29, 1.82) is 0 Å². The van der Waals surface area contributed by atoms with Gasteiger partial charge < -0.3 is 10.2 Å². The molecular formula is C24H28N4S2. The summed E-state index contributed by atoms with van der Waals surface area (Å²) in [6.45, 7) is 9.17. The average molecular weight is 437 g/mol. The molecule has 5 rings (SSSR count). The molecule has 0 unspecified atom stereocenters. The second kappa shape index (κ2) is 9.10. The molecule has 0 spiro atoms. The number of piperazine rings is 1. The van der Waals surface area contributed by atoms with Crippen LogP contribution < -0.4 is 5.32 Å². The summed E-state index contributed by atoms with van der Waals surface area (Å²) >= 11 is 3.62. The Morgan fingerprint density at radius 3 is 2.63 bits per heavy atom. The van der Waals surface area contributed by atoms with Crippen LogP contribution >= 0.6 is 23.1 Å². The van der Waals surface area contributed by atoms with Crippen LogP contribution in [0.4, 0.5) is 11.4 Å². The molecule has 30 heavy (non-hydrogen) atoms. The molecule has 0 atom stereocenters. The van der Waals surface area contributed by atoms with E-state index < -0.39 is 0 Å². The topological polar surface area (TPSA) is 31.4 Å². The highest BCUT2D eigenvalue weighted by Gasteiger charge is 2.19. The molecule has 0 bridgehead atoms. The molecule has 156 valence electrons. The molecule has 6 heteroatoms. The smallest absolute Gasteiger partial charge is 0.107 e. The van der Waals surface area contributed by atoms with E-state index in [2.05, 4.69) is 69.9 Å². The van der Waals surface area contributed by atoms with Gasteiger partial charge in [-0.25, -0.2) is 4.98 Å². The van der Waals surface area contributed by atoms with Crippen LogP contribution in [0.5, 0.6) is 0 Å². The first kappa shape index (κ1) is 20.1. The number of para-hydroxylation sites is 1. The fourth-order valence-electron chi connectivity index (χ4n) is 4.06. The summed E-state index contributed by atoms with van der Waals surface area (Å²) in [4.78, 5) is 12.7. The first-order valence-corrected chi connectivity index (χ1v) is 12.6. The van der Waals surface area contributed by atoms with E-state index in [9.17, 15) is 0 Å². The van der Waals surface area contributed by atoms with Gasteiger partial charge in [0, 0.05) is 46.9 Å². The summed E-state index contributed by atoms with van der Waals surface area (Å²) in [5, 5.41) is 7.01. The number of aromatic nitrogens is 1. The maximum atomic E-state index is 4.97. The van der Waals surface area contributed by atoms with Gasteiger partial charge in [-0.15, -0.1) is 11.3 Å². The van der Waals surface area contributed by atoms with Crippen LogP contribution in [0.1, 0.15) is 24.8 Å². The monoisotopic (exact) mass is 436 g/mol. The molecule has 2 aromatic carbocycles. The SMILES string of the molecule is CCCCN1CCN(Cc2nc(-c3ccc4c(c3)Nc3ccccc3S4)cs2)CC1. The van der Waals surface area contributed by atoms with Crippen LogP contribution in [0.25, 0.3) is 11.3 Å². The van der Waals surface area contributed by atoms with E-state index in [-0.39, 0.29) is 0 Å². The lowest BCUT2D eigenvalue weighted by atomic mass is 10.1. The molecule has 3 heterocycles. The summed E-state index contributed by atoms with van der Waals surface area (Å²) < 4.78 is 0. The van der Waals surface area contributed by atoms with Crippen LogP contribution in [-0.4, -0.2) is 47.5 Å². The lowest BCUT2D eigenvalue weighted by Crippen LogP contribution is -2.46. The van der Waals surface area contributed by atoms with Gasteiger partial charge in [-0.1, -0.05) is 43.3 Å². The first-order valence-electron chi connectivity index (χ1n) is 10.9. The molecule has 2 aliphatic rings. The molecule has 1 aromatic heterocycles. The molecule has 0 radical (unpaired) electrons. The third-order valence-corrected chi connectivity index (χ3v) is 7.84. The third-order valence-electron chi connectivity index (χ3n) is 5.86. The fraction of sp³-hybridized carbons (Fsp3) is 0.375. The lowest BCUT2D eigenvalue weighted by Gasteiger charge is -2.34. The fourth-order valence-corrected chi connectivity index (χ4v) is 5.87. The minimum Gasteiger partial charge on any atom is -0.354 e. The van der Waals surface area contributed by atoms with Crippen molar-refractivity contribution < 1.29 is 0 Å². The summed E-state index contributed by atoms with van der Waals surface area (Å²) in [6, 6.07) is 15.1. The van der Waals surface area contributed by atoms with E-state index in [1.54, 1.807) is 11.3 Å². The average Bonchev–Trinajstić information content (AvgIpc) is 3.25. The second-order valence-corrected chi connectivity index (χ2v) is 10.1. The predicted octanol–water partition coefficient (Wildman–Crippen LogP) is 5.94. The van der Waals surface area contributed by atoms with E-state index in [0.29, 0.717) is 0 Å². The number of hydrogen-bond donors (Lipinski definition) is 1. The first-order chi connectivity index (χ1) is 14.8. The van der Waals surface area contributed by atoms with Crippen LogP contribution in [0.3, 0.4) is 0 Å². The molecule has 1 N–H and O–H groups in total. The Morgan fingerprint density at radius 1 is 0.967 bits per heavy atom. The van der Waals surface area contributed by atoms with Gasteiger partial charge in [-0.05, 0) is 37.2 Å². The Labute approximate surface area is 187 Å². The summed E-state index contributed by atoms with van der Waals surface area (Å²) in [5.41, 5.74) is 4.64. The molecule has 1 saturated heterocycles. The third kappa shape index (κ3) is 4.42. The van der Waals surface area contributed by atoms with E-state index in [1.165, 1.54) is 64.2 Å². The second-order valence-electron chi connectivity index (χ2n) is 8.03. The zero-order chi connectivity index (χ0) is 20.3. The van der Waals surface area contributed by atoms with Crippen molar-refractivity contribution in [3.63, 3.8) is 0 Å². The van der Waals surface area contributed by atoms with Crippen molar-refractivity contribution in [3.05, 3.63) is 52.9 Å². The molecule has 0 saturated carbocycles. The van der Waals surface area contributed by atoms with Gasteiger partial charge in [0.1, 0.15) is 5.01 Å². The molecule has 0 amide bonds. The van der Waals surface area contributed by atoms with E-state index in [0.717, 1.165) is 25.3 Å². The Bertz CT molecular complexity index is 1010. The minimum absolute atomic E-state index is 0.971. The maximum Gasteiger partial charge on any atom is 0.107 e. The summed E-state index contributed by atoms with van der Waals surface area (Å²) in [6.07, 6.45) is 2.60. The number of rotatable bonds is 6. The van der Waals surface area contributed by atoms with Crippen molar-refractivity contribution in [2.75, 3.05) is 38.0 Å². The summed E-state index contributed by atoms with van der Waals surface area (Å²) in [5.74, 6) is 0. The van der Waals surface area contributed by atoms with E-state index in [4.69, 9.17) is 4.98 Å². The molecule has 4 nitrogen and oxygen atoms in total. The normalized spacial score (nSPS) is 16.7. The Hall–Kier alpha value is -1.86. The van der Waals surface area contributed by atoms with Crippen LogP contribution in [0.15, 0.2) is 57.6 Å². The van der Waals surface area contributed by atoms with Crippen molar-refractivity contribution in [1.82, 2.24) is 14.8 Å². The van der Waals surface area contributed by atoms with Gasteiger partial charge in [-0.2, -0.15) is 0 Å².